The third-order valence-corrected chi connectivity index (χ3v) is 7.87. The maximum absolute atomic E-state index is 13.2. The van der Waals surface area contributed by atoms with E-state index in [0.29, 0.717) is 12.1 Å². The van der Waals surface area contributed by atoms with Gasteiger partial charge in [0.25, 0.3) is 5.91 Å². The molecule has 2 aliphatic rings. The third kappa shape index (κ3) is 5.12. The Hall–Kier alpha value is -2.76. The first-order chi connectivity index (χ1) is 16.8. The topological polar surface area (TPSA) is 54.5 Å². The molecule has 5 rings (SSSR count). The largest absolute Gasteiger partial charge is 0.370 e. The van der Waals surface area contributed by atoms with Crippen LogP contribution in [-0.4, -0.2) is 47.1 Å². The molecule has 35 heavy (non-hydrogen) atoms. The van der Waals surface area contributed by atoms with Gasteiger partial charge in [-0.05, 0) is 87.8 Å². The summed E-state index contributed by atoms with van der Waals surface area (Å²) in [6.07, 6.45) is 4.30. The number of ether oxygens (including phenoxy) is 1. The van der Waals surface area contributed by atoms with E-state index in [4.69, 9.17) is 4.74 Å². The molecule has 3 aromatic rings. The molecule has 1 unspecified atom stereocenters. The molecule has 2 saturated heterocycles. The van der Waals surface area contributed by atoms with Crippen LogP contribution in [0.5, 0.6) is 0 Å². The van der Waals surface area contributed by atoms with Crippen molar-refractivity contribution in [2.45, 2.75) is 71.6 Å². The van der Waals surface area contributed by atoms with Gasteiger partial charge in [0.15, 0.2) is 0 Å². The summed E-state index contributed by atoms with van der Waals surface area (Å²) >= 11 is 0. The zero-order valence-electron chi connectivity index (χ0n) is 21.5. The first-order valence-corrected chi connectivity index (χ1v) is 12.9. The van der Waals surface area contributed by atoms with Gasteiger partial charge in [0.2, 0.25) is 0 Å². The molecule has 1 atom stereocenters. The minimum absolute atomic E-state index is 0.0221. The lowest BCUT2D eigenvalue weighted by molar-refractivity contribution is -0.0764. The molecular formula is C30H37N3O2. The molecule has 1 amide bonds. The fourth-order valence-corrected chi connectivity index (χ4v) is 5.92. The Balaban J connectivity index is 1.18. The van der Waals surface area contributed by atoms with Crippen LogP contribution in [-0.2, 0) is 11.3 Å². The lowest BCUT2D eigenvalue weighted by atomic mass is 9.88. The van der Waals surface area contributed by atoms with E-state index in [2.05, 4.69) is 72.4 Å². The number of nitrogens with one attached hydrogen (secondary N) is 1. The number of aromatic nitrogens is 1. The van der Waals surface area contributed by atoms with E-state index in [1.54, 1.807) is 0 Å². The average molecular weight is 472 g/mol. The summed E-state index contributed by atoms with van der Waals surface area (Å²) in [7, 11) is 0. The fourth-order valence-electron chi connectivity index (χ4n) is 5.92. The summed E-state index contributed by atoms with van der Waals surface area (Å²) in [5.41, 5.74) is 7.47. The molecule has 184 valence electrons. The number of carbonyl (C=O) groups is 1. The number of pyridine rings is 1. The van der Waals surface area contributed by atoms with Crippen molar-refractivity contribution in [3.63, 3.8) is 0 Å². The van der Waals surface area contributed by atoms with Crippen LogP contribution in [0.2, 0.25) is 0 Å². The number of carbonyl (C=O) groups excluding carboxylic acids is 1. The van der Waals surface area contributed by atoms with Gasteiger partial charge in [-0.3, -0.25) is 14.7 Å². The Morgan fingerprint density at radius 3 is 2.60 bits per heavy atom. The van der Waals surface area contributed by atoms with Gasteiger partial charge in [0, 0.05) is 37.3 Å². The first-order valence-electron chi connectivity index (χ1n) is 12.9. The molecule has 5 heteroatoms. The Labute approximate surface area is 208 Å². The number of aryl methyl sites for hydroxylation is 4. The van der Waals surface area contributed by atoms with Crippen LogP contribution in [0.15, 0.2) is 42.5 Å². The lowest BCUT2D eigenvalue weighted by Gasteiger charge is -2.39. The second-order valence-corrected chi connectivity index (χ2v) is 10.7. The number of hydrogen-bond acceptors (Lipinski definition) is 4. The number of nitrogens with zero attached hydrogens (tertiary/aromatic N) is 2. The van der Waals surface area contributed by atoms with E-state index in [9.17, 15) is 4.79 Å². The van der Waals surface area contributed by atoms with Crippen molar-refractivity contribution >= 4 is 16.8 Å². The van der Waals surface area contributed by atoms with Crippen LogP contribution in [0, 0.1) is 27.7 Å². The molecule has 1 aromatic heterocycles. The van der Waals surface area contributed by atoms with Gasteiger partial charge in [-0.2, -0.15) is 0 Å². The zero-order valence-corrected chi connectivity index (χ0v) is 21.5. The molecule has 0 aliphatic carbocycles. The highest BCUT2D eigenvalue weighted by Gasteiger charge is 2.42. The minimum Gasteiger partial charge on any atom is -0.370 e. The van der Waals surface area contributed by atoms with E-state index < -0.39 is 0 Å². The van der Waals surface area contributed by atoms with Crippen LogP contribution < -0.4 is 5.32 Å². The molecule has 0 radical (unpaired) electrons. The highest BCUT2D eigenvalue weighted by molar-refractivity contribution is 6.07. The van der Waals surface area contributed by atoms with Gasteiger partial charge < -0.3 is 10.1 Å². The third-order valence-electron chi connectivity index (χ3n) is 7.87. The molecule has 2 fully saturated rings. The van der Waals surface area contributed by atoms with Crippen LogP contribution in [0.3, 0.4) is 0 Å². The predicted octanol–water partition coefficient (Wildman–Crippen LogP) is 5.41. The maximum Gasteiger partial charge on any atom is 0.252 e. The van der Waals surface area contributed by atoms with Crippen molar-refractivity contribution in [1.29, 1.82) is 0 Å². The summed E-state index contributed by atoms with van der Waals surface area (Å²) in [4.78, 5) is 20.4. The smallest absolute Gasteiger partial charge is 0.252 e. The number of benzene rings is 2. The van der Waals surface area contributed by atoms with E-state index in [-0.39, 0.29) is 17.6 Å². The molecule has 0 bridgehead atoms. The summed E-state index contributed by atoms with van der Waals surface area (Å²) < 4.78 is 6.60. The van der Waals surface area contributed by atoms with E-state index in [1.807, 2.05) is 13.0 Å². The lowest BCUT2D eigenvalue weighted by Crippen LogP contribution is -2.45. The van der Waals surface area contributed by atoms with E-state index in [1.165, 1.54) is 11.1 Å². The van der Waals surface area contributed by atoms with Crippen LogP contribution in [0.4, 0.5) is 0 Å². The molecular weight excluding hydrogens is 434 g/mol. The molecule has 0 saturated carbocycles. The highest BCUT2D eigenvalue weighted by Crippen LogP contribution is 2.39. The van der Waals surface area contributed by atoms with Crippen molar-refractivity contribution in [1.82, 2.24) is 15.2 Å². The summed E-state index contributed by atoms with van der Waals surface area (Å²) in [6, 6.07) is 14.7. The van der Waals surface area contributed by atoms with Crippen LogP contribution in [0.25, 0.3) is 10.9 Å². The van der Waals surface area contributed by atoms with Gasteiger partial charge in [0.1, 0.15) is 0 Å². The normalized spacial score (nSPS) is 19.9. The van der Waals surface area contributed by atoms with Crippen LogP contribution in [0.1, 0.15) is 64.0 Å². The standard InChI is InChI=1S/C30H37N3O2/c1-20-15-22(3)28-26(17-23(4)32-27(28)16-20)29(34)31-18-25-9-10-30(35-25)11-13-33(14-12-30)19-24-8-6-5-7-21(24)2/h5-8,15-17,25H,9-14,18-19H2,1-4H3,(H,31,34). The quantitative estimate of drug-likeness (QED) is 0.540. The van der Waals surface area contributed by atoms with Crippen molar-refractivity contribution in [2.75, 3.05) is 19.6 Å². The van der Waals surface area contributed by atoms with E-state index >= 15 is 0 Å². The van der Waals surface area contributed by atoms with Gasteiger partial charge in [0.05, 0.1) is 22.8 Å². The first kappa shape index (κ1) is 24.0. The summed E-state index contributed by atoms with van der Waals surface area (Å²) in [6.45, 7) is 12.0. The van der Waals surface area contributed by atoms with Crippen molar-refractivity contribution < 1.29 is 9.53 Å². The molecule has 2 aliphatic heterocycles. The molecule has 1 spiro atoms. The van der Waals surface area contributed by atoms with Crippen molar-refractivity contribution in [3.05, 3.63) is 76.0 Å². The van der Waals surface area contributed by atoms with E-state index in [0.717, 1.165) is 73.0 Å². The van der Waals surface area contributed by atoms with Gasteiger partial charge in [-0.1, -0.05) is 30.3 Å². The minimum atomic E-state index is -0.0370. The Morgan fingerprint density at radius 1 is 1.06 bits per heavy atom. The predicted molar refractivity (Wildman–Crippen MR) is 141 cm³/mol. The second-order valence-electron chi connectivity index (χ2n) is 10.7. The van der Waals surface area contributed by atoms with Crippen LogP contribution >= 0.6 is 0 Å². The Bertz CT molecular complexity index is 1240. The summed E-state index contributed by atoms with van der Waals surface area (Å²) in [5, 5.41) is 4.12. The van der Waals surface area contributed by atoms with Crippen molar-refractivity contribution in [3.8, 4) is 0 Å². The zero-order chi connectivity index (χ0) is 24.6. The number of hydrogen-bond donors (Lipinski definition) is 1. The highest BCUT2D eigenvalue weighted by atomic mass is 16.5. The van der Waals surface area contributed by atoms with Gasteiger partial charge in [-0.25, -0.2) is 0 Å². The van der Waals surface area contributed by atoms with Crippen molar-refractivity contribution in [2.24, 2.45) is 0 Å². The number of likely N-dealkylation sites (tertiary alicyclic amines) is 1. The molecule has 1 N–H and O–H groups in total. The number of amides is 1. The molecule has 5 nitrogen and oxygen atoms in total. The molecule has 3 heterocycles. The average Bonchev–Trinajstić information content (AvgIpc) is 3.22. The number of fused-ring (bicyclic) bond motifs is 1. The molecule has 2 aromatic carbocycles. The maximum atomic E-state index is 13.2. The monoisotopic (exact) mass is 471 g/mol. The number of piperidine rings is 1. The van der Waals surface area contributed by atoms with Gasteiger partial charge in [-0.15, -0.1) is 0 Å². The number of rotatable bonds is 5. The fraction of sp³-hybridized carbons (Fsp3) is 0.467. The summed E-state index contributed by atoms with van der Waals surface area (Å²) in [5.74, 6) is -0.0370. The SMILES string of the molecule is Cc1cc(C)c2c(C(=O)NCC3CCC4(CCN(Cc5ccccc5C)CC4)O3)cc(C)nc2c1. The van der Waals surface area contributed by atoms with Gasteiger partial charge >= 0.3 is 0 Å². The Kier molecular flexibility index (Phi) is 6.65. The second kappa shape index (κ2) is 9.71. The Morgan fingerprint density at radius 2 is 1.83 bits per heavy atom.